The minimum Gasteiger partial charge on any atom is -0.294 e. The molecule has 0 unspecified atom stereocenters. The van der Waals surface area contributed by atoms with Crippen LogP contribution >= 0.6 is 0 Å². The second-order valence-corrected chi connectivity index (χ2v) is 3.38. The van der Waals surface area contributed by atoms with Gasteiger partial charge in [0.2, 0.25) is 0 Å². The van der Waals surface area contributed by atoms with E-state index in [1.807, 2.05) is 31.2 Å². The van der Waals surface area contributed by atoms with E-state index in [2.05, 4.69) is 4.98 Å². The molecular formula is C12H11NO. The van der Waals surface area contributed by atoms with Gasteiger partial charge in [0.25, 0.3) is 0 Å². The average Bonchev–Trinajstić information content (AvgIpc) is 2.17. The lowest BCUT2D eigenvalue weighted by Gasteiger charge is -2.04. The molecule has 1 aromatic carbocycles. The largest absolute Gasteiger partial charge is 0.294 e. The van der Waals surface area contributed by atoms with Crippen LogP contribution in [0.3, 0.4) is 0 Å². The average molecular weight is 185 g/mol. The van der Waals surface area contributed by atoms with Crippen molar-refractivity contribution in [1.29, 1.82) is 0 Å². The standard InChI is InChI=1S/C12H11NO/c1-8-6-7-13-11-5-3-4-10(9(2)14)12(8)11/h3-7H,1-2H3. The van der Waals surface area contributed by atoms with Crippen LogP contribution in [0.2, 0.25) is 0 Å². The fraction of sp³-hybridized carbons (Fsp3) is 0.167. The number of pyridine rings is 1. The monoisotopic (exact) mass is 185 g/mol. The number of fused-ring (bicyclic) bond motifs is 1. The highest BCUT2D eigenvalue weighted by Crippen LogP contribution is 2.20. The zero-order chi connectivity index (χ0) is 10.1. The smallest absolute Gasteiger partial charge is 0.160 e. The van der Waals surface area contributed by atoms with E-state index in [0.717, 1.165) is 22.0 Å². The summed E-state index contributed by atoms with van der Waals surface area (Å²) in [6.07, 6.45) is 1.77. The molecule has 0 aliphatic rings. The highest BCUT2D eigenvalue weighted by molar-refractivity contribution is 6.07. The van der Waals surface area contributed by atoms with Gasteiger partial charge < -0.3 is 0 Å². The Hall–Kier alpha value is -1.70. The zero-order valence-corrected chi connectivity index (χ0v) is 8.24. The maximum atomic E-state index is 11.4. The van der Waals surface area contributed by atoms with E-state index in [9.17, 15) is 4.79 Å². The van der Waals surface area contributed by atoms with E-state index < -0.39 is 0 Å². The third kappa shape index (κ3) is 1.29. The Kier molecular flexibility index (Phi) is 2.04. The van der Waals surface area contributed by atoms with Crippen LogP contribution in [0.15, 0.2) is 30.5 Å². The van der Waals surface area contributed by atoms with Crippen molar-refractivity contribution < 1.29 is 4.79 Å². The fourth-order valence-corrected chi connectivity index (χ4v) is 1.67. The number of hydrogen-bond acceptors (Lipinski definition) is 2. The first kappa shape index (κ1) is 8.88. The third-order valence-electron chi connectivity index (χ3n) is 2.35. The van der Waals surface area contributed by atoms with E-state index in [0.29, 0.717) is 0 Å². The fourth-order valence-electron chi connectivity index (χ4n) is 1.67. The summed E-state index contributed by atoms with van der Waals surface area (Å²) in [5.41, 5.74) is 2.74. The van der Waals surface area contributed by atoms with Gasteiger partial charge in [0, 0.05) is 17.1 Å². The zero-order valence-electron chi connectivity index (χ0n) is 8.24. The number of Topliss-reactive ketones (excluding diaryl/α,β-unsaturated/α-hetero) is 1. The molecule has 0 spiro atoms. The van der Waals surface area contributed by atoms with Crippen molar-refractivity contribution in [3.05, 3.63) is 41.6 Å². The van der Waals surface area contributed by atoms with Gasteiger partial charge in [-0.1, -0.05) is 12.1 Å². The van der Waals surface area contributed by atoms with Gasteiger partial charge in [-0.2, -0.15) is 0 Å². The Morgan fingerprint density at radius 1 is 1.29 bits per heavy atom. The predicted octanol–water partition coefficient (Wildman–Crippen LogP) is 2.75. The number of carbonyl (C=O) groups is 1. The molecular weight excluding hydrogens is 174 g/mol. The van der Waals surface area contributed by atoms with Gasteiger partial charge in [-0.25, -0.2) is 0 Å². The Morgan fingerprint density at radius 2 is 2.07 bits per heavy atom. The van der Waals surface area contributed by atoms with Crippen LogP contribution in [0.4, 0.5) is 0 Å². The van der Waals surface area contributed by atoms with E-state index >= 15 is 0 Å². The van der Waals surface area contributed by atoms with Crippen LogP contribution in [-0.2, 0) is 0 Å². The predicted molar refractivity (Wildman–Crippen MR) is 56.5 cm³/mol. The number of rotatable bonds is 1. The van der Waals surface area contributed by atoms with E-state index in [-0.39, 0.29) is 5.78 Å². The van der Waals surface area contributed by atoms with Crippen molar-refractivity contribution in [2.45, 2.75) is 13.8 Å². The lowest BCUT2D eigenvalue weighted by atomic mass is 10.0. The number of aromatic nitrogens is 1. The van der Waals surface area contributed by atoms with Gasteiger partial charge >= 0.3 is 0 Å². The molecule has 0 fully saturated rings. The van der Waals surface area contributed by atoms with Crippen LogP contribution < -0.4 is 0 Å². The summed E-state index contributed by atoms with van der Waals surface area (Å²) in [5.74, 6) is 0.0895. The van der Waals surface area contributed by atoms with Gasteiger partial charge in [-0.05, 0) is 31.5 Å². The number of aryl methyl sites for hydroxylation is 1. The van der Waals surface area contributed by atoms with Gasteiger partial charge in [0.1, 0.15) is 0 Å². The van der Waals surface area contributed by atoms with Gasteiger partial charge in [-0.3, -0.25) is 9.78 Å². The molecule has 70 valence electrons. The number of carbonyl (C=O) groups excluding carboxylic acids is 1. The van der Waals surface area contributed by atoms with Crippen LogP contribution in [0.5, 0.6) is 0 Å². The van der Waals surface area contributed by atoms with Crippen molar-refractivity contribution in [3.63, 3.8) is 0 Å². The van der Waals surface area contributed by atoms with Crippen LogP contribution in [0.1, 0.15) is 22.8 Å². The molecule has 14 heavy (non-hydrogen) atoms. The van der Waals surface area contributed by atoms with E-state index in [1.165, 1.54) is 0 Å². The van der Waals surface area contributed by atoms with Crippen LogP contribution in [0.25, 0.3) is 10.9 Å². The highest BCUT2D eigenvalue weighted by atomic mass is 16.1. The maximum Gasteiger partial charge on any atom is 0.160 e. The molecule has 0 aliphatic carbocycles. The molecule has 2 rings (SSSR count). The van der Waals surface area contributed by atoms with Gasteiger partial charge in [-0.15, -0.1) is 0 Å². The number of ketones is 1. The molecule has 0 amide bonds. The SMILES string of the molecule is CC(=O)c1cccc2nccc(C)c12. The first-order valence-corrected chi connectivity index (χ1v) is 4.55. The number of benzene rings is 1. The lowest BCUT2D eigenvalue weighted by molar-refractivity contribution is 0.101. The molecule has 0 aliphatic heterocycles. The van der Waals surface area contributed by atoms with Gasteiger partial charge in [0.05, 0.1) is 5.52 Å². The van der Waals surface area contributed by atoms with Gasteiger partial charge in [0.15, 0.2) is 5.78 Å². The Morgan fingerprint density at radius 3 is 2.79 bits per heavy atom. The van der Waals surface area contributed by atoms with Crippen molar-refractivity contribution in [2.24, 2.45) is 0 Å². The summed E-state index contributed by atoms with van der Waals surface area (Å²) < 4.78 is 0. The van der Waals surface area contributed by atoms with Crippen LogP contribution in [-0.4, -0.2) is 10.8 Å². The van der Waals surface area contributed by atoms with Crippen molar-refractivity contribution in [2.75, 3.05) is 0 Å². The Labute approximate surface area is 82.6 Å². The lowest BCUT2D eigenvalue weighted by Crippen LogP contribution is -1.95. The van der Waals surface area contributed by atoms with Crippen LogP contribution in [0, 0.1) is 6.92 Å². The third-order valence-corrected chi connectivity index (χ3v) is 2.35. The van der Waals surface area contributed by atoms with E-state index in [1.54, 1.807) is 13.1 Å². The minimum absolute atomic E-state index is 0.0895. The number of nitrogens with zero attached hydrogens (tertiary/aromatic N) is 1. The molecule has 0 radical (unpaired) electrons. The second kappa shape index (κ2) is 3.22. The highest BCUT2D eigenvalue weighted by Gasteiger charge is 2.07. The Balaban J connectivity index is 2.91. The normalized spacial score (nSPS) is 10.4. The van der Waals surface area contributed by atoms with E-state index in [4.69, 9.17) is 0 Å². The molecule has 1 heterocycles. The van der Waals surface area contributed by atoms with Crippen molar-refractivity contribution >= 4 is 16.7 Å². The molecule has 1 aromatic heterocycles. The summed E-state index contributed by atoms with van der Waals surface area (Å²) in [6.45, 7) is 3.58. The topological polar surface area (TPSA) is 30.0 Å². The summed E-state index contributed by atoms with van der Waals surface area (Å²) in [5, 5.41) is 0.975. The first-order valence-electron chi connectivity index (χ1n) is 4.55. The molecule has 0 bridgehead atoms. The maximum absolute atomic E-state index is 11.4. The molecule has 2 aromatic rings. The molecule has 2 nitrogen and oxygen atoms in total. The molecule has 0 saturated heterocycles. The summed E-state index contributed by atoms with van der Waals surface area (Å²) in [4.78, 5) is 15.6. The summed E-state index contributed by atoms with van der Waals surface area (Å²) in [7, 11) is 0. The first-order chi connectivity index (χ1) is 6.70. The summed E-state index contributed by atoms with van der Waals surface area (Å²) in [6, 6.07) is 7.56. The van der Waals surface area contributed by atoms with Crippen molar-refractivity contribution in [3.8, 4) is 0 Å². The number of hydrogen-bond donors (Lipinski definition) is 0. The second-order valence-electron chi connectivity index (χ2n) is 3.38. The minimum atomic E-state index is 0.0895. The Bertz CT molecular complexity index is 497. The summed E-state index contributed by atoms with van der Waals surface area (Å²) >= 11 is 0. The molecule has 0 saturated carbocycles. The molecule has 0 N–H and O–H groups in total. The van der Waals surface area contributed by atoms with Crippen molar-refractivity contribution in [1.82, 2.24) is 4.98 Å². The molecule has 2 heteroatoms. The quantitative estimate of drug-likeness (QED) is 0.639. The molecule has 0 atom stereocenters.